The lowest BCUT2D eigenvalue weighted by atomic mass is 10.1. The highest BCUT2D eigenvalue weighted by molar-refractivity contribution is 6.30. The van der Waals surface area contributed by atoms with E-state index in [9.17, 15) is 4.79 Å². The van der Waals surface area contributed by atoms with Gasteiger partial charge in [-0.05, 0) is 23.8 Å². The molecule has 0 atom stereocenters. The van der Waals surface area contributed by atoms with Gasteiger partial charge in [0.05, 0.1) is 13.2 Å². The molecule has 2 heterocycles. The van der Waals surface area contributed by atoms with Gasteiger partial charge in [0.2, 0.25) is 0 Å². The van der Waals surface area contributed by atoms with E-state index in [0.29, 0.717) is 17.3 Å². The number of pyridine rings is 1. The number of morpholine rings is 1. The van der Waals surface area contributed by atoms with Crippen molar-refractivity contribution in [3.63, 3.8) is 0 Å². The van der Waals surface area contributed by atoms with Crippen molar-refractivity contribution in [2.24, 2.45) is 0 Å². The first kappa shape index (κ1) is 15.8. The Morgan fingerprint density at radius 2 is 2.04 bits per heavy atom. The number of aromatic nitrogens is 1. The maximum absolute atomic E-state index is 12.2. The van der Waals surface area contributed by atoms with Crippen molar-refractivity contribution in [2.45, 2.75) is 6.54 Å². The summed E-state index contributed by atoms with van der Waals surface area (Å²) in [7, 11) is 0. The molecule has 120 valence electrons. The van der Waals surface area contributed by atoms with E-state index in [2.05, 4.69) is 21.3 Å². The number of nitrogens with one attached hydrogen (secondary N) is 1. The summed E-state index contributed by atoms with van der Waals surface area (Å²) in [5, 5.41) is 3.40. The van der Waals surface area contributed by atoms with Crippen LogP contribution in [0.25, 0.3) is 0 Å². The first-order valence-electron chi connectivity index (χ1n) is 7.54. The van der Waals surface area contributed by atoms with Crippen LogP contribution in [0.3, 0.4) is 0 Å². The molecular formula is C17H18ClN3O2. The Morgan fingerprint density at radius 1 is 1.26 bits per heavy atom. The van der Waals surface area contributed by atoms with Crippen LogP contribution in [0.2, 0.25) is 5.02 Å². The molecule has 0 saturated carbocycles. The minimum absolute atomic E-state index is 0.232. The van der Waals surface area contributed by atoms with E-state index < -0.39 is 0 Å². The number of hydrogen-bond acceptors (Lipinski definition) is 4. The number of rotatable bonds is 4. The quantitative estimate of drug-likeness (QED) is 0.935. The zero-order valence-corrected chi connectivity index (χ0v) is 13.4. The van der Waals surface area contributed by atoms with Gasteiger partial charge in [0, 0.05) is 36.5 Å². The third-order valence-electron chi connectivity index (χ3n) is 3.74. The average Bonchev–Trinajstić information content (AvgIpc) is 2.60. The lowest BCUT2D eigenvalue weighted by Crippen LogP contribution is -2.37. The molecule has 1 N–H and O–H groups in total. The first-order chi connectivity index (χ1) is 11.2. The van der Waals surface area contributed by atoms with Crippen molar-refractivity contribution in [3.05, 3.63) is 58.9 Å². The Bertz CT molecular complexity index is 687. The van der Waals surface area contributed by atoms with Gasteiger partial charge in [0.1, 0.15) is 5.69 Å². The van der Waals surface area contributed by atoms with E-state index in [1.807, 2.05) is 18.2 Å². The van der Waals surface area contributed by atoms with Gasteiger partial charge in [-0.2, -0.15) is 0 Å². The maximum atomic E-state index is 12.2. The van der Waals surface area contributed by atoms with Crippen LogP contribution in [-0.4, -0.2) is 37.2 Å². The van der Waals surface area contributed by atoms with Crippen LogP contribution in [0.1, 0.15) is 16.1 Å². The molecule has 1 aromatic carbocycles. The molecule has 0 aliphatic carbocycles. The molecule has 5 nitrogen and oxygen atoms in total. The summed E-state index contributed by atoms with van der Waals surface area (Å²) in [6, 6.07) is 11.3. The fourth-order valence-corrected chi connectivity index (χ4v) is 2.73. The van der Waals surface area contributed by atoms with Crippen molar-refractivity contribution in [2.75, 3.05) is 31.2 Å². The van der Waals surface area contributed by atoms with E-state index in [1.165, 1.54) is 6.20 Å². The van der Waals surface area contributed by atoms with Gasteiger partial charge in [0.25, 0.3) is 5.91 Å². The predicted octanol–water partition coefficient (Wildman–Crippen LogP) is 2.50. The Labute approximate surface area is 140 Å². The molecule has 1 aliphatic rings. The topological polar surface area (TPSA) is 54.5 Å². The van der Waals surface area contributed by atoms with Crippen molar-refractivity contribution < 1.29 is 9.53 Å². The van der Waals surface area contributed by atoms with Crippen molar-refractivity contribution in [1.82, 2.24) is 10.3 Å². The summed E-state index contributed by atoms with van der Waals surface area (Å²) in [6.45, 7) is 3.63. The smallest absolute Gasteiger partial charge is 0.270 e. The van der Waals surface area contributed by atoms with Gasteiger partial charge in [-0.3, -0.25) is 9.78 Å². The summed E-state index contributed by atoms with van der Waals surface area (Å²) in [5.74, 6) is -0.232. The van der Waals surface area contributed by atoms with Crippen LogP contribution >= 0.6 is 11.6 Å². The van der Waals surface area contributed by atoms with E-state index in [0.717, 1.165) is 37.6 Å². The van der Waals surface area contributed by atoms with Gasteiger partial charge in [-0.15, -0.1) is 0 Å². The number of carbonyl (C=O) groups is 1. The summed E-state index contributed by atoms with van der Waals surface area (Å²) in [4.78, 5) is 18.5. The normalized spacial score (nSPS) is 14.6. The number of hydrogen-bond donors (Lipinski definition) is 1. The number of para-hydroxylation sites is 1. The number of ether oxygens (including phenoxy) is 1. The second kappa shape index (κ2) is 7.44. The molecule has 0 unspecified atom stereocenters. The highest BCUT2D eigenvalue weighted by Gasteiger charge is 2.15. The second-order valence-electron chi connectivity index (χ2n) is 5.27. The third-order valence-corrected chi connectivity index (χ3v) is 3.97. The summed E-state index contributed by atoms with van der Waals surface area (Å²) < 4.78 is 5.40. The molecule has 0 radical (unpaired) electrons. The number of nitrogens with zero attached hydrogens (tertiary/aromatic N) is 2. The zero-order valence-electron chi connectivity index (χ0n) is 12.7. The Balaban J connectivity index is 1.69. The van der Waals surface area contributed by atoms with Crippen LogP contribution in [0.4, 0.5) is 5.69 Å². The number of carbonyl (C=O) groups excluding carboxylic acids is 1. The second-order valence-corrected chi connectivity index (χ2v) is 5.71. The number of benzene rings is 1. The molecule has 1 saturated heterocycles. The molecule has 23 heavy (non-hydrogen) atoms. The molecule has 1 amide bonds. The van der Waals surface area contributed by atoms with Crippen LogP contribution in [0, 0.1) is 0 Å². The first-order valence-corrected chi connectivity index (χ1v) is 7.92. The standard InChI is InChI=1S/C17H18ClN3O2/c18-14-5-6-19-15(11-14)17(22)20-12-13-3-1-2-4-16(13)21-7-9-23-10-8-21/h1-6,11H,7-10,12H2,(H,20,22). The third kappa shape index (κ3) is 4.00. The molecule has 3 rings (SSSR count). The fourth-order valence-electron chi connectivity index (χ4n) is 2.57. The average molecular weight is 332 g/mol. The molecule has 2 aromatic rings. The molecular weight excluding hydrogens is 314 g/mol. The lowest BCUT2D eigenvalue weighted by molar-refractivity contribution is 0.0945. The number of anilines is 1. The van der Waals surface area contributed by atoms with Crippen LogP contribution in [-0.2, 0) is 11.3 Å². The molecule has 1 aliphatic heterocycles. The maximum Gasteiger partial charge on any atom is 0.270 e. The molecule has 6 heteroatoms. The Hall–Kier alpha value is -2.11. The fraction of sp³-hybridized carbons (Fsp3) is 0.294. The molecule has 0 bridgehead atoms. The molecule has 0 spiro atoms. The van der Waals surface area contributed by atoms with E-state index in [4.69, 9.17) is 16.3 Å². The van der Waals surface area contributed by atoms with Crippen molar-refractivity contribution in [1.29, 1.82) is 0 Å². The van der Waals surface area contributed by atoms with E-state index in [1.54, 1.807) is 12.1 Å². The summed E-state index contributed by atoms with van der Waals surface area (Å²) in [5.41, 5.74) is 2.53. The van der Waals surface area contributed by atoms with Crippen LogP contribution < -0.4 is 10.2 Å². The van der Waals surface area contributed by atoms with Crippen LogP contribution in [0.15, 0.2) is 42.6 Å². The van der Waals surface area contributed by atoms with Gasteiger partial charge in [-0.25, -0.2) is 0 Å². The number of amides is 1. The van der Waals surface area contributed by atoms with Crippen molar-refractivity contribution >= 4 is 23.2 Å². The summed E-state index contributed by atoms with van der Waals surface area (Å²) in [6.07, 6.45) is 1.53. The zero-order chi connectivity index (χ0) is 16.1. The largest absolute Gasteiger partial charge is 0.378 e. The Kier molecular flexibility index (Phi) is 5.10. The predicted molar refractivity (Wildman–Crippen MR) is 89.9 cm³/mol. The van der Waals surface area contributed by atoms with E-state index >= 15 is 0 Å². The van der Waals surface area contributed by atoms with Crippen LogP contribution in [0.5, 0.6) is 0 Å². The van der Waals surface area contributed by atoms with Gasteiger partial charge >= 0.3 is 0 Å². The highest BCUT2D eigenvalue weighted by Crippen LogP contribution is 2.21. The monoisotopic (exact) mass is 331 g/mol. The lowest BCUT2D eigenvalue weighted by Gasteiger charge is -2.30. The molecule has 1 fully saturated rings. The minimum Gasteiger partial charge on any atom is -0.378 e. The van der Waals surface area contributed by atoms with Gasteiger partial charge in [0.15, 0.2) is 0 Å². The van der Waals surface area contributed by atoms with Gasteiger partial charge < -0.3 is 15.0 Å². The summed E-state index contributed by atoms with van der Waals surface area (Å²) >= 11 is 5.89. The highest BCUT2D eigenvalue weighted by atomic mass is 35.5. The minimum atomic E-state index is -0.232. The number of halogens is 1. The SMILES string of the molecule is O=C(NCc1ccccc1N1CCOCC1)c1cc(Cl)ccn1. The van der Waals surface area contributed by atoms with Gasteiger partial charge in [-0.1, -0.05) is 29.8 Å². The molecule has 1 aromatic heterocycles. The Morgan fingerprint density at radius 3 is 2.83 bits per heavy atom. The van der Waals surface area contributed by atoms with Crippen molar-refractivity contribution in [3.8, 4) is 0 Å². The van der Waals surface area contributed by atoms with E-state index in [-0.39, 0.29) is 5.91 Å².